The van der Waals surface area contributed by atoms with Gasteiger partial charge in [-0.25, -0.2) is 0 Å². The van der Waals surface area contributed by atoms with Crippen LogP contribution >= 0.6 is 35.0 Å². The summed E-state index contributed by atoms with van der Waals surface area (Å²) in [6.45, 7) is 0.497. The Labute approximate surface area is 164 Å². The van der Waals surface area contributed by atoms with Crippen molar-refractivity contribution in [3.8, 4) is 11.6 Å². The fourth-order valence-electron chi connectivity index (χ4n) is 2.30. The number of hydrogen-bond acceptors (Lipinski definition) is 5. The topological polar surface area (TPSA) is 73.0 Å². The molecule has 1 aromatic carbocycles. The van der Waals surface area contributed by atoms with E-state index in [0.717, 1.165) is 5.56 Å². The molecule has 0 radical (unpaired) electrons. The van der Waals surface area contributed by atoms with Crippen LogP contribution < -0.4 is 5.32 Å². The Morgan fingerprint density at radius 1 is 1.31 bits per heavy atom. The van der Waals surface area contributed by atoms with Crippen LogP contribution in [0.2, 0.25) is 10.0 Å². The molecule has 0 aliphatic rings. The number of furan rings is 1. The fraction of sp³-hybridized carbons (Fsp3) is 0.235. The quantitative estimate of drug-likeness (QED) is 0.599. The SMILES string of the molecule is Cn1c(SCC(=O)NCCc2ccc(Cl)cc2Cl)nnc1-c1ccco1. The monoisotopic (exact) mass is 410 g/mol. The molecule has 0 atom stereocenters. The minimum absolute atomic E-state index is 0.0809. The molecule has 2 aromatic heterocycles. The van der Waals surface area contributed by atoms with Gasteiger partial charge in [0.15, 0.2) is 16.7 Å². The zero-order valence-corrected chi connectivity index (χ0v) is 16.2. The number of rotatable bonds is 7. The lowest BCUT2D eigenvalue weighted by atomic mass is 10.1. The van der Waals surface area contributed by atoms with Crippen molar-refractivity contribution >= 4 is 40.9 Å². The van der Waals surface area contributed by atoms with Gasteiger partial charge < -0.3 is 14.3 Å². The van der Waals surface area contributed by atoms with Crippen LogP contribution in [0.25, 0.3) is 11.6 Å². The lowest BCUT2D eigenvalue weighted by Crippen LogP contribution is -2.27. The Hall–Kier alpha value is -1.96. The molecule has 136 valence electrons. The molecule has 26 heavy (non-hydrogen) atoms. The zero-order chi connectivity index (χ0) is 18.5. The first kappa shape index (κ1) is 18.8. The van der Waals surface area contributed by atoms with E-state index < -0.39 is 0 Å². The molecule has 1 N–H and O–H groups in total. The second-order valence-corrected chi connectivity index (χ2v) is 7.25. The maximum absolute atomic E-state index is 12.0. The van der Waals surface area contributed by atoms with Gasteiger partial charge in [-0.15, -0.1) is 10.2 Å². The highest BCUT2D eigenvalue weighted by Gasteiger charge is 2.14. The van der Waals surface area contributed by atoms with Crippen LogP contribution in [-0.4, -0.2) is 33.0 Å². The van der Waals surface area contributed by atoms with Crippen molar-refractivity contribution in [1.82, 2.24) is 20.1 Å². The summed E-state index contributed by atoms with van der Waals surface area (Å²) in [5, 5.41) is 12.9. The molecule has 3 aromatic rings. The van der Waals surface area contributed by atoms with Gasteiger partial charge in [0.2, 0.25) is 5.91 Å². The molecule has 6 nitrogen and oxygen atoms in total. The molecule has 0 aliphatic carbocycles. The van der Waals surface area contributed by atoms with Crippen LogP contribution in [-0.2, 0) is 18.3 Å². The number of nitrogens with zero attached hydrogens (tertiary/aromatic N) is 3. The third kappa shape index (κ3) is 4.60. The van der Waals surface area contributed by atoms with Crippen molar-refractivity contribution < 1.29 is 9.21 Å². The highest BCUT2D eigenvalue weighted by molar-refractivity contribution is 7.99. The summed E-state index contributed by atoms with van der Waals surface area (Å²) >= 11 is 13.3. The third-order valence-corrected chi connectivity index (χ3v) is 5.25. The van der Waals surface area contributed by atoms with E-state index in [0.29, 0.717) is 39.8 Å². The number of thioether (sulfide) groups is 1. The van der Waals surface area contributed by atoms with E-state index in [9.17, 15) is 4.79 Å². The number of amides is 1. The third-order valence-electron chi connectivity index (χ3n) is 3.64. The van der Waals surface area contributed by atoms with Gasteiger partial charge >= 0.3 is 0 Å². The number of carbonyl (C=O) groups excluding carboxylic acids is 1. The second kappa shape index (κ2) is 8.62. The average Bonchev–Trinajstić information content (AvgIpc) is 3.25. The molecule has 0 saturated heterocycles. The van der Waals surface area contributed by atoms with Crippen LogP contribution in [0.1, 0.15) is 5.56 Å². The number of aromatic nitrogens is 3. The first-order valence-corrected chi connectivity index (χ1v) is 9.55. The summed E-state index contributed by atoms with van der Waals surface area (Å²) in [5.74, 6) is 1.42. The van der Waals surface area contributed by atoms with Crippen LogP contribution in [0.3, 0.4) is 0 Å². The lowest BCUT2D eigenvalue weighted by molar-refractivity contribution is -0.118. The van der Waals surface area contributed by atoms with E-state index in [1.807, 2.05) is 19.2 Å². The number of carbonyl (C=O) groups is 1. The smallest absolute Gasteiger partial charge is 0.230 e. The highest BCUT2D eigenvalue weighted by atomic mass is 35.5. The second-order valence-electron chi connectivity index (χ2n) is 5.47. The van der Waals surface area contributed by atoms with Crippen LogP contribution in [0.15, 0.2) is 46.2 Å². The Morgan fingerprint density at radius 3 is 2.88 bits per heavy atom. The normalized spacial score (nSPS) is 10.9. The van der Waals surface area contributed by atoms with Crippen molar-refractivity contribution in [3.05, 3.63) is 52.2 Å². The Bertz CT molecular complexity index is 896. The molecule has 0 bridgehead atoms. The molecule has 9 heteroatoms. The number of nitrogens with one attached hydrogen (secondary N) is 1. The molecular formula is C17H16Cl2N4O2S. The van der Waals surface area contributed by atoms with Crippen LogP contribution in [0.4, 0.5) is 0 Å². The minimum Gasteiger partial charge on any atom is -0.461 e. The van der Waals surface area contributed by atoms with Crippen molar-refractivity contribution in [1.29, 1.82) is 0 Å². The summed E-state index contributed by atoms with van der Waals surface area (Å²) in [6, 6.07) is 8.94. The van der Waals surface area contributed by atoms with Gasteiger partial charge in [0, 0.05) is 23.6 Å². The standard InChI is InChI=1S/C17H16Cl2N4O2S/c1-23-16(14-3-2-8-25-14)21-22-17(23)26-10-15(24)20-7-6-11-4-5-12(18)9-13(11)19/h2-5,8-9H,6-7,10H2,1H3,(H,20,24). The predicted octanol–water partition coefficient (Wildman–Crippen LogP) is 3.83. The number of halogens is 2. The molecule has 0 fully saturated rings. The number of benzene rings is 1. The average molecular weight is 411 g/mol. The molecule has 0 saturated carbocycles. The van der Waals surface area contributed by atoms with Gasteiger partial charge in [0.25, 0.3) is 0 Å². The minimum atomic E-state index is -0.0809. The summed E-state index contributed by atoms with van der Waals surface area (Å²) < 4.78 is 7.12. The highest BCUT2D eigenvalue weighted by Crippen LogP contribution is 2.23. The summed E-state index contributed by atoms with van der Waals surface area (Å²) in [4.78, 5) is 12.0. The first-order chi connectivity index (χ1) is 12.5. The molecule has 3 rings (SSSR count). The van der Waals surface area contributed by atoms with E-state index in [1.54, 1.807) is 29.0 Å². The predicted molar refractivity (Wildman–Crippen MR) is 103 cm³/mol. The maximum Gasteiger partial charge on any atom is 0.230 e. The Morgan fingerprint density at radius 2 is 2.15 bits per heavy atom. The lowest BCUT2D eigenvalue weighted by Gasteiger charge is -2.07. The fourth-order valence-corrected chi connectivity index (χ4v) is 3.55. The van der Waals surface area contributed by atoms with Gasteiger partial charge in [-0.05, 0) is 36.2 Å². The van der Waals surface area contributed by atoms with Gasteiger partial charge in [0.05, 0.1) is 12.0 Å². The van der Waals surface area contributed by atoms with Gasteiger partial charge in [-0.2, -0.15) is 0 Å². The molecule has 2 heterocycles. The molecular weight excluding hydrogens is 395 g/mol. The molecule has 1 amide bonds. The van der Waals surface area contributed by atoms with E-state index in [-0.39, 0.29) is 11.7 Å². The Kier molecular flexibility index (Phi) is 6.24. The van der Waals surface area contributed by atoms with Gasteiger partial charge in [-0.1, -0.05) is 41.0 Å². The van der Waals surface area contributed by atoms with Crippen molar-refractivity contribution in [3.63, 3.8) is 0 Å². The van der Waals surface area contributed by atoms with E-state index >= 15 is 0 Å². The molecule has 0 aliphatic heterocycles. The molecule has 0 unspecified atom stereocenters. The summed E-state index contributed by atoms with van der Waals surface area (Å²) in [5.41, 5.74) is 0.945. The maximum atomic E-state index is 12.0. The van der Waals surface area contributed by atoms with Gasteiger partial charge in [0.1, 0.15) is 0 Å². The van der Waals surface area contributed by atoms with Crippen molar-refractivity contribution in [2.24, 2.45) is 7.05 Å². The van der Waals surface area contributed by atoms with Crippen LogP contribution in [0, 0.1) is 0 Å². The summed E-state index contributed by atoms with van der Waals surface area (Å²) in [6.07, 6.45) is 2.22. The van der Waals surface area contributed by atoms with E-state index in [1.165, 1.54) is 11.8 Å². The molecule has 0 spiro atoms. The van der Waals surface area contributed by atoms with Crippen LogP contribution in [0.5, 0.6) is 0 Å². The van der Waals surface area contributed by atoms with E-state index in [4.69, 9.17) is 27.6 Å². The largest absolute Gasteiger partial charge is 0.461 e. The van der Waals surface area contributed by atoms with Crippen molar-refractivity contribution in [2.45, 2.75) is 11.6 Å². The zero-order valence-electron chi connectivity index (χ0n) is 13.9. The number of hydrogen-bond donors (Lipinski definition) is 1. The summed E-state index contributed by atoms with van der Waals surface area (Å²) in [7, 11) is 1.83. The first-order valence-electron chi connectivity index (χ1n) is 7.81. The van der Waals surface area contributed by atoms with Crippen molar-refractivity contribution in [2.75, 3.05) is 12.3 Å². The van der Waals surface area contributed by atoms with E-state index in [2.05, 4.69) is 15.5 Å². The Balaban J connectivity index is 1.47. The van der Waals surface area contributed by atoms with Gasteiger partial charge in [-0.3, -0.25) is 4.79 Å².